The lowest BCUT2D eigenvalue weighted by Crippen LogP contribution is -2.69. The van der Waals surface area contributed by atoms with Gasteiger partial charge in [-0.05, 0) is 35.4 Å². The van der Waals surface area contributed by atoms with Gasteiger partial charge in [-0.15, -0.1) is 0 Å². The maximum atomic E-state index is 13.9. The van der Waals surface area contributed by atoms with Crippen LogP contribution in [0.4, 0.5) is 0 Å². The number of ether oxygens (including phenoxy) is 6. The second-order valence-corrected chi connectivity index (χ2v) is 14.5. The van der Waals surface area contributed by atoms with Crippen LogP contribution in [-0.2, 0) is 84.0 Å². The Kier molecular flexibility index (Phi) is 17.2. The number of nitrogens with one attached hydrogen (secondary N) is 1. The van der Waals surface area contributed by atoms with Crippen molar-refractivity contribution in [2.75, 3.05) is 13.7 Å². The lowest BCUT2D eigenvalue weighted by Gasteiger charge is -2.48. The first-order chi connectivity index (χ1) is 25.0. The molecule has 0 radical (unpaired) electrons. The predicted molar refractivity (Wildman–Crippen MR) is 191 cm³/mol. The van der Waals surface area contributed by atoms with Crippen LogP contribution in [0.2, 0.25) is 0 Å². The monoisotopic (exact) mass is 891 g/mol. The van der Waals surface area contributed by atoms with Gasteiger partial charge in [0.1, 0.15) is 18.8 Å². The van der Waals surface area contributed by atoms with E-state index >= 15 is 0 Å². The van der Waals surface area contributed by atoms with Gasteiger partial charge in [0, 0.05) is 43.6 Å². The molecule has 53 heavy (non-hydrogen) atoms. The first-order valence-corrected chi connectivity index (χ1v) is 18.6. The highest BCUT2D eigenvalue weighted by Crippen LogP contribution is 2.50. The van der Waals surface area contributed by atoms with Crippen LogP contribution in [0.5, 0.6) is 0 Å². The number of halogens is 2. The van der Waals surface area contributed by atoms with E-state index in [-0.39, 0.29) is 13.2 Å². The second-order valence-electron chi connectivity index (χ2n) is 11.5. The fourth-order valence-electron chi connectivity index (χ4n) is 5.12. The third-order valence-corrected chi connectivity index (χ3v) is 9.40. The molecule has 2 aromatic rings. The first-order valence-electron chi connectivity index (χ1n) is 15.9. The fraction of sp³-hybridized carbons (Fsp3) is 0.471. The van der Waals surface area contributed by atoms with Gasteiger partial charge in [0.2, 0.25) is 5.91 Å². The van der Waals surface area contributed by atoms with Crippen molar-refractivity contribution >= 4 is 76.2 Å². The third-order valence-electron chi connectivity index (χ3n) is 7.22. The summed E-state index contributed by atoms with van der Waals surface area (Å²) in [5.74, 6) is -7.73. The number of hydrogen-bond acceptors (Lipinski definition) is 15. The molecule has 19 heteroatoms. The summed E-state index contributed by atoms with van der Waals surface area (Å²) in [5.41, 5.74) is 1.42. The molecule has 16 nitrogen and oxygen atoms in total. The molecule has 0 aliphatic carbocycles. The molecule has 0 bridgehead atoms. The third kappa shape index (κ3) is 14.0. The molecule has 1 N–H and O–H groups in total. The summed E-state index contributed by atoms with van der Waals surface area (Å²) < 4.78 is 53.4. The van der Waals surface area contributed by atoms with Crippen LogP contribution in [0.3, 0.4) is 0 Å². The highest BCUT2D eigenvalue weighted by Gasteiger charge is 2.60. The molecule has 0 spiro atoms. The summed E-state index contributed by atoms with van der Waals surface area (Å²) >= 11 is 6.78. The van der Waals surface area contributed by atoms with Crippen LogP contribution in [0.1, 0.15) is 52.2 Å². The van der Waals surface area contributed by atoms with E-state index in [1.165, 1.54) is 0 Å². The Labute approximate surface area is 324 Å². The lowest BCUT2D eigenvalue weighted by molar-refractivity contribution is -0.292. The van der Waals surface area contributed by atoms with Crippen molar-refractivity contribution in [3.63, 3.8) is 0 Å². The molecule has 1 fully saturated rings. The van der Waals surface area contributed by atoms with Gasteiger partial charge in [-0.1, -0.05) is 56.1 Å². The molecule has 290 valence electrons. The van der Waals surface area contributed by atoms with Gasteiger partial charge in [0.05, 0.1) is 32.8 Å². The minimum absolute atomic E-state index is 0.0606. The Morgan fingerprint density at radius 1 is 0.811 bits per heavy atom. The molecule has 1 saturated heterocycles. The maximum absolute atomic E-state index is 13.9. The van der Waals surface area contributed by atoms with Crippen molar-refractivity contribution in [3.05, 3.63) is 68.6 Å². The molecule has 1 aliphatic rings. The molecule has 1 amide bonds. The van der Waals surface area contributed by atoms with Gasteiger partial charge in [0.25, 0.3) is 5.79 Å². The van der Waals surface area contributed by atoms with Crippen LogP contribution < -0.4 is 5.32 Å². The van der Waals surface area contributed by atoms with E-state index in [1.807, 2.05) is 0 Å². The molecule has 2 unspecified atom stereocenters. The Morgan fingerprint density at radius 2 is 1.34 bits per heavy atom. The molecule has 2 aromatic carbocycles. The van der Waals surface area contributed by atoms with E-state index in [1.54, 1.807) is 48.5 Å². The normalized spacial score (nSPS) is 20.7. The van der Waals surface area contributed by atoms with Crippen LogP contribution in [0, 0.1) is 0 Å². The van der Waals surface area contributed by atoms with Crippen molar-refractivity contribution in [1.82, 2.24) is 5.32 Å². The summed E-state index contributed by atoms with van der Waals surface area (Å²) in [4.78, 5) is 75.6. The summed E-state index contributed by atoms with van der Waals surface area (Å²) in [7, 11) is -1.49. The zero-order valence-electron chi connectivity index (χ0n) is 29.7. The van der Waals surface area contributed by atoms with Crippen LogP contribution in [0.15, 0.2) is 57.5 Å². The van der Waals surface area contributed by atoms with Crippen LogP contribution in [-0.4, -0.2) is 85.7 Å². The summed E-state index contributed by atoms with van der Waals surface area (Å²) in [6, 6.07) is 12.9. The molecular weight excluding hydrogens is 853 g/mol. The van der Waals surface area contributed by atoms with E-state index in [0.29, 0.717) is 11.1 Å². The second kappa shape index (κ2) is 20.8. The number of hydrogen-bond donors (Lipinski definition) is 1. The van der Waals surface area contributed by atoms with E-state index in [9.17, 15) is 28.8 Å². The average molecular weight is 893 g/mol. The Hall–Kier alpha value is -3.51. The standard InChI is InChI=1S/C34H40Br2NO15P/c1-19(38)37-30-28(48-21(3)40)15-34(33(43)44-6,51-32(30)31(50-23(5)42)29(49-22(4)41)18-45-20(2)39)52-53(46-16-24-7-11-26(35)12-8-24)47-17-25-9-13-27(36)14-10-25/h7-14,28-32H,15-18H2,1-6H3,(H,37,38)/t28?,29-,30-,31-,32?,34-/m1/s1. The highest BCUT2D eigenvalue weighted by atomic mass is 79.9. The van der Waals surface area contributed by atoms with Crippen molar-refractivity contribution in [2.24, 2.45) is 0 Å². The van der Waals surface area contributed by atoms with Gasteiger partial charge < -0.3 is 42.8 Å². The molecule has 3 rings (SSSR count). The number of benzene rings is 2. The zero-order chi connectivity index (χ0) is 39.3. The molecule has 1 aliphatic heterocycles. The van der Waals surface area contributed by atoms with Gasteiger partial charge in [-0.3, -0.25) is 28.5 Å². The van der Waals surface area contributed by atoms with Gasteiger partial charge >= 0.3 is 38.4 Å². The van der Waals surface area contributed by atoms with E-state index < -0.39 is 93.6 Å². The van der Waals surface area contributed by atoms with Crippen molar-refractivity contribution in [1.29, 1.82) is 0 Å². The Balaban J connectivity index is 2.18. The quantitative estimate of drug-likeness (QED) is 0.130. The summed E-state index contributed by atoms with van der Waals surface area (Å²) in [6.45, 7) is 4.68. The summed E-state index contributed by atoms with van der Waals surface area (Å²) in [6.07, 6.45) is -7.05. The molecule has 6 atom stereocenters. The zero-order valence-corrected chi connectivity index (χ0v) is 33.7. The van der Waals surface area contributed by atoms with Gasteiger partial charge in [-0.2, -0.15) is 0 Å². The van der Waals surface area contributed by atoms with E-state index in [0.717, 1.165) is 50.7 Å². The molecule has 0 saturated carbocycles. The first kappa shape index (κ1) is 43.9. The summed E-state index contributed by atoms with van der Waals surface area (Å²) in [5, 5.41) is 2.61. The highest BCUT2D eigenvalue weighted by molar-refractivity contribution is 9.10. The van der Waals surface area contributed by atoms with Crippen molar-refractivity contribution in [3.8, 4) is 0 Å². The van der Waals surface area contributed by atoms with Gasteiger partial charge in [0.15, 0.2) is 12.2 Å². The number of carbonyl (C=O) groups excluding carboxylic acids is 6. The minimum atomic E-state index is -2.54. The maximum Gasteiger partial charge on any atom is 0.367 e. The SMILES string of the molecule is COC(=O)[C@]1(OP(OCc2ccc(Br)cc2)OCc2ccc(Br)cc2)CC(OC(C)=O)[C@@H](NC(C)=O)C([C@H](OC(C)=O)[C@@H](COC(C)=O)OC(C)=O)O1. The largest absolute Gasteiger partial charge is 0.465 e. The van der Waals surface area contributed by atoms with Crippen molar-refractivity contribution in [2.45, 2.75) is 90.5 Å². The smallest absolute Gasteiger partial charge is 0.367 e. The molecule has 1 heterocycles. The predicted octanol–water partition coefficient (Wildman–Crippen LogP) is 4.71. The van der Waals surface area contributed by atoms with Crippen molar-refractivity contribution < 1.29 is 70.8 Å². The number of rotatable bonds is 17. The van der Waals surface area contributed by atoms with Gasteiger partial charge in [-0.25, -0.2) is 4.79 Å². The molecular formula is C34H40Br2NO15P. The topological polar surface area (TPSA) is 198 Å². The Morgan fingerprint density at radius 3 is 1.77 bits per heavy atom. The molecule has 0 aromatic heterocycles. The number of esters is 5. The van der Waals surface area contributed by atoms with E-state index in [4.69, 9.17) is 42.0 Å². The number of amides is 1. The lowest BCUT2D eigenvalue weighted by atomic mass is 9.88. The fourth-order valence-corrected chi connectivity index (χ4v) is 6.77. The van der Waals surface area contributed by atoms with E-state index in [2.05, 4.69) is 37.2 Å². The Bertz CT molecular complexity index is 1550. The van der Waals surface area contributed by atoms with Crippen LogP contribution in [0.25, 0.3) is 0 Å². The average Bonchev–Trinajstić information content (AvgIpc) is 3.08. The minimum Gasteiger partial charge on any atom is -0.465 e. The number of methoxy groups -OCH3 is 1. The number of carbonyl (C=O) groups is 6. The van der Waals surface area contributed by atoms with Crippen LogP contribution >= 0.6 is 40.5 Å².